The number of hydrogen-bond acceptors (Lipinski definition) is 3. The molecule has 0 radical (unpaired) electrons. The molecule has 20 heavy (non-hydrogen) atoms. The van der Waals surface area contributed by atoms with Gasteiger partial charge in [0.05, 0.1) is 0 Å². The van der Waals surface area contributed by atoms with Crippen molar-refractivity contribution in [2.45, 2.75) is 0 Å². The number of nitrogens with zero attached hydrogens (tertiary/aromatic N) is 1. The minimum absolute atomic E-state index is 0.0464. The van der Waals surface area contributed by atoms with Crippen molar-refractivity contribution in [3.05, 3.63) is 60.4 Å². The molecule has 100 valence electrons. The van der Waals surface area contributed by atoms with E-state index >= 15 is 0 Å². The molecule has 0 spiro atoms. The topological polar surface area (TPSA) is 50.9 Å². The van der Waals surface area contributed by atoms with E-state index in [0.717, 1.165) is 22.9 Å². The molecule has 0 amide bonds. The average Bonchev–Trinajstić information content (AvgIpc) is 2.43. The first kappa shape index (κ1) is 12.3. The van der Waals surface area contributed by atoms with Crippen LogP contribution in [0.5, 0.6) is 0 Å². The van der Waals surface area contributed by atoms with Crippen molar-refractivity contribution in [1.82, 2.24) is 4.98 Å². The van der Waals surface area contributed by atoms with Gasteiger partial charge in [-0.3, -0.25) is 4.98 Å². The normalized spacial score (nSPS) is 10.7. The molecular weight excluding hydrogens is 260 g/mol. The summed E-state index contributed by atoms with van der Waals surface area (Å²) in [6.45, 7) is 0. The number of pyridine rings is 1. The van der Waals surface area contributed by atoms with Crippen LogP contribution >= 0.6 is 0 Å². The minimum Gasteiger partial charge on any atom is -0.399 e. The van der Waals surface area contributed by atoms with Crippen molar-refractivity contribution in [2.24, 2.45) is 0 Å². The molecule has 3 rings (SSSR count). The zero-order chi connectivity index (χ0) is 14.1. The van der Waals surface area contributed by atoms with E-state index in [1.54, 1.807) is 24.5 Å². The van der Waals surface area contributed by atoms with Gasteiger partial charge < -0.3 is 11.1 Å². The number of aromatic nitrogens is 1. The number of anilines is 3. The second-order valence-corrected chi connectivity index (χ2v) is 4.39. The molecule has 0 atom stereocenters. The second kappa shape index (κ2) is 4.77. The van der Waals surface area contributed by atoms with Crippen LogP contribution in [0.2, 0.25) is 0 Å². The van der Waals surface area contributed by atoms with Crippen molar-refractivity contribution >= 4 is 27.8 Å². The van der Waals surface area contributed by atoms with Crippen molar-refractivity contribution in [1.29, 1.82) is 0 Å². The predicted octanol–water partition coefficient (Wildman–Crippen LogP) is 3.84. The van der Waals surface area contributed by atoms with Crippen LogP contribution < -0.4 is 11.1 Å². The largest absolute Gasteiger partial charge is 0.399 e. The fourth-order valence-corrected chi connectivity index (χ4v) is 2.07. The van der Waals surface area contributed by atoms with Gasteiger partial charge in [-0.2, -0.15) is 0 Å². The van der Waals surface area contributed by atoms with Crippen LogP contribution in [0.25, 0.3) is 10.8 Å². The number of fused-ring (bicyclic) bond motifs is 1. The summed E-state index contributed by atoms with van der Waals surface area (Å²) >= 11 is 0. The van der Waals surface area contributed by atoms with Crippen molar-refractivity contribution in [3.63, 3.8) is 0 Å². The molecule has 0 saturated carbocycles. The van der Waals surface area contributed by atoms with E-state index in [2.05, 4.69) is 10.3 Å². The van der Waals surface area contributed by atoms with Gasteiger partial charge in [0.2, 0.25) is 0 Å². The Kier molecular flexibility index (Phi) is 2.95. The number of halogens is 2. The summed E-state index contributed by atoms with van der Waals surface area (Å²) in [6, 6.07) is 9.43. The predicted molar refractivity (Wildman–Crippen MR) is 75.8 cm³/mol. The van der Waals surface area contributed by atoms with Gasteiger partial charge >= 0.3 is 0 Å². The van der Waals surface area contributed by atoms with E-state index in [1.807, 2.05) is 12.1 Å². The maximum absolute atomic E-state index is 13.8. The van der Waals surface area contributed by atoms with Crippen LogP contribution in [0.15, 0.2) is 48.8 Å². The van der Waals surface area contributed by atoms with Gasteiger partial charge in [0.15, 0.2) is 11.6 Å². The highest BCUT2D eigenvalue weighted by Crippen LogP contribution is 2.29. The Morgan fingerprint density at radius 1 is 1.05 bits per heavy atom. The monoisotopic (exact) mass is 271 g/mol. The number of nitrogens with two attached hydrogens (primary N) is 1. The molecule has 0 bridgehead atoms. The van der Waals surface area contributed by atoms with Crippen LogP contribution in [0.1, 0.15) is 0 Å². The summed E-state index contributed by atoms with van der Waals surface area (Å²) in [4.78, 5) is 4.03. The first-order chi connectivity index (χ1) is 9.65. The lowest BCUT2D eigenvalue weighted by Crippen LogP contribution is -2.00. The van der Waals surface area contributed by atoms with Crippen LogP contribution in [0.4, 0.5) is 25.8 Å². The fourth-order valence-electron chi connectivity index (χ4n) is 2.07. The standard InChI is InChI=1S/C15H11F2N3/c16-12-6-10(18)7-13(17)15(12)20-14-3-1-2-9-4-5-19-8-11(9)14/h1-8,20H,18H2. The quantitative estimate of drug-likeness (QED) is 0.696. The zero-order valence-electron chi connectivity index (χ0n) is 10.4. The van der Waals surface area contributed by atoms with Gasteiger partial charge in [-0.1, -0.05) is 12.1 Å². The van der Waals surface area contributed by atoms with E-state index in [4.69, 9.17) is 5.73 Å². The molecule has 0 aliphatic rings. The molecule has 5 heteroatoms. The SMILES string of the molecule is Nc1cc(F)c(Nc2cccc3ccncc23)c(F)c1. The molecule has 0 aliphatic heterocycles. The molecule has 3 nitrogen and oxygen atoms in total. The van der Waals surface area contributed by atoms with Crippen molar-refractivity contribution < 1.29 is 8.78 Å². The second-order valence-electron chi connectivity index (χ2n) is 4.39. The maximum atomic E-state index is 13.8. The van der Waals surface area contributed by atoms with Crippen LogP contribution in [0.3, 0.4) is 0 Å². The molecule has 0 saturated heterocycles. The van der Waals surface area contributed by atoms with Gasteiger partial charge in [0, 0.05) is 29.2 Å². The molecule has 0 aliphatic carbocycles. The van der Waals surface area contributed by atoms with Gasteiger partial charge in [-0.25, -0.2) is 8.78 Å². The molecule has 0 unspecified atom stereocenters. The molecule has 1 heterocycles. The molecule has 3 aromatic rings. The molecule has 1 aromatic heterocycles. The Bertz CT molecular complexity index is 759. The molecule has 3 N–H and O–H groups in total. The van der Waals surface area contributed by atoms with Crippen molar-refractivity contribution in [2.75, 3.05) is 11.1 Å². The maximum Gasteiger partial charge on any atom is 0.151 e. The molecular formula is C15H11F2N3. The van der Waals surface area contributed by atoms with E-state index in [-0.39, 0.29) is 11.4 Å². The first-order valence-corrected chi connectivity index (χ1v) is 5.99. The number of nitrogen functional groups attached to an aromatic ring is 1. The van der Waals surface area contributed by atoms with Crippen LogP contribution in [0, 0.1) is 11.6 Å². The summed E-state index contributed by atoms with van der Waals surface area (Å²) in [5.74, 6) is -1.47. The highest BCUT2D eigenvalue weighted by molar-refractivity contribution is 5.94. The summed E-state index contributed by atoms with van der Waals surface area (Å²) in [5.41, 5.74) is 5.80. The smallest absolute Gasteiger partial charge is 0.151 e. The lowest BCUT2D eigenvalue weighted by atomic mass is 10.1. The van der Waals surface area contributed by atoms with E-state index in [1.165, 1.54) is 0 Å². The third kappa shape index (κ3) is 2.14. The lowest BCUT2D eigenvalue weighted by molar-refractivity contribution is 0.592. The number of benzene rings is 2. The number of nitrogens with one attached hydrogen (secondary N) is 1. The Morgan fingerprint density at radius 3 is 2.55 bits per heavy atom. The van der Waals surface area contributed by atoms with Crippen LogP contribution in [-0.4, -0.2) is 4.98 Å². The third-order valence-corrected chi connectivity index (χ3v) is 3.01. The third-order valence-electron chi connectivity index (χ3n) is 3.01. The van der Waals surface area contributed by atoms with Gasteiger partial charge in [-0.05, 0) is 29.7 Å². The Balaban J connectivity index is 2.10. The van der Waals surface area contributed by atoms with Crippen LogP contribution in [-0.2, 0) is 0 Å². The summed E-state index contributed by atoms with van der Waals surface area (Å²) in [5, 5.41) is 4.48. The highest BCUT2D eigenvalue weighted by Gasteiger charge is 2.11. The van der Waals surface area contributed by atoms with Gasteiger partial charge in [0.25, 0.3) is 0 Å². The minimum atomic E-state index is -0.733. The van der Waals surface area contributed by atoms with E-state index < -0.39 is 11.6 Å². The summed E-state index contributed by atoms with van der Waals surface area (Å²) in [6.07, 6.45) is 3.31. The molecule has 0 fully saturated rings. The van der Waals surface area contributed by atoms with Gasteiger partial charge in [0.1, 0.15) is 5.69 Å². The number of rotatable bonds is 2. The summed E-state index contributed by atoms with van der Waals surface area (Å²) in [7, 11) is 0. The van der Waals surface area contributed by atoms with E-state index in [0.29, 0.717) is 5.69 Å². The van der Waals surface area contributed by atoms with E-state index in [9.17, 15) is 8.78 Å². The Hall–Kier alpha value is -2.69. The summed E-state index contributed by atoms with van der Waals surface area (Å²) < 4.78 is 27.6. The number of hydrogen-bond donors (Lipinski definition) is 2. The van der Waals surface area contributed by atoms with Gasteiger partial charge in [-0.15, -0.1) is 0 Å². The highest BCUT2D eigenvalue weighted by atomic mass is 19.1. The Morgan fingerprint density at radius 2 is 1.80 bits per heavy atom. The zero-order valence-corrected chi connectivity index (χ0v) is 10.4. The molecule has 2 aromatic carbocycles. The lowest BCUT2D eigenvalue weighted by Gasteiger charge is -2.11. The average molecular weight is 271 g/mol. The first-order valence-electron chi connectivity index (χ1n) is 5.99. The fraction of sp³-hybridized carbons (Fsp3) is 0. The Labute approximate surface area is 114 Å². The van der Waals surface area contributed by atoms with Crippen molar-refractivity contribution in [3.8, 4) is 0 Å².